The van der Waals surface area contributed by atoms with Crippen LogP contribution in [0.15, 0.2) is 58.1 Å². The Morgan fingerprint density at radius 1 is 1.09 bits per heavy atom. The number of rotatable bonds is 6. The molecule has 0 amide bonds. The highest BCUT2D eigenvalue weighted by molar-refractivity contribution is 7.89. The molecule has 2 aromatic carbocycles. The Labute approximate surface area is 134 Å². The van der Waals surface area contributed by atoms with E-state index >= 15 is 0 Å². The summed E-state index contributed by atoms with van der Waals surface area (Å²) in [6, 6.07) is 14.5. The molecule has 3 rings (SSSR count). The molecule has 1 aromatic heterocycles. The number of aryl methyl sites for hydroxylation is 1. The van der Waals surface area contributed by atoms with Crippen LogP contribution >= 0.6 is 0 Å². The van der Waals surface area contributed by atoms with E-state index in [-0.39, 0.29) is 16.5 Å². The zero-order chi connectivity index (χ0) is 16.3. The summed E-state index contributed by atoms with van der Waals surface area (Å²) in [5.41, 5.74) is 1.85. The van der Waals surface area contributed by atoms with Crippen molar-refractivity contribution in [2.75, 3.05) is 0 Å². The molecule has 1 N–H and O–H groups in total. The summed E-state index contributed by atoms with van der Waals surface area (Å²) in [5.74, 6) is 0. The van der Waals surface area contributed by atoms with E-state index in [1.54, 1.807) is 12.1 Å². The Hall–Kier alpha value is -2.25. The van der Waals surface area contributed by atoms with Crippen LogP contribution in [-0.4, -0.2) is 24.8 Å². The monoisotopic (exact) mass is 331 g/mol. The standard InChI is InChI=1S/C16H17N3O3S/c1-12(10-11-13-6-3-2-4-7-13)19-23(20,21)15-9-5-8-14-16(15)18-22-17-14/h2-9,12,19H,10-11H2,1H3. The predicted molar refractivity (Wildman–Crippen MR) is 86.4 cm³/mol. The normalized spacial score (nSPS) is 13.3. The molecule has 0 radical (unpaired) electrons. The maximum absolute atomic E-state index is 12.5. The molecule has 1 unspecified atom stereocenters. The van der Waals surface area contributed by atoms with Gasteiger partial charge in [-0.05, 0) is 47.8 Å². The van der Waals surface area contributed by atoms with Crippen molar-refractivity contribution in [2.24, 2.45) is 0 Å². The molecule has 0 bridgehead atoms. The molecule has 0 fully saturated rings. The van der Waals surface area contributed by atoms with Gasteiger partial charge in [-0.2, -0.15) is 0 Å². The van der Waals surface area contributed by atoms with Crippen molar-refractivity contribution in [3.05, 3.63) is 54.1 Å². The van der Waals surface area contributed by atoms with E-state index in [4.69, 9.17) is 0 Å². The fraction of sp³-hybridized carbons (Fsp3) is 0.250. The molecule has 6 nitrogen and oxygen atoms in total. The number of nitrogens with zero attached hydrogens (tertiary/aromatic N) is 2. The van der Waals surface area contributed by atoms with Gasteiger partial charge in [0.25, 0.3) is 0 Å². The third kappa shape index (κ3) is 3.57. The average Bonchev–Trinajstić information content (AvgIpc) is 3.02. The first kappa shape index (κ1) is 15.6. The highest BCUT2D eigenvalue weighted by Gasteiger charge is 2.22. The maximum Gasteiger partial charge on any atom is 0.243 e. The van der Waals surface area contributed by atoms with Crippen LogP contribution in [0.3, 0.4) is 0 Å². The summed E-state index contributed by atoms with van der Waals surface area (Å²) in [5, 5.41) is 7.35. The lowest BCUT2D eigenvalue weighted by molar-refractivity contribution is 0.315. The van der Waals surface area contributed by atoms with Crippen LogP contribution in [0.2, 0.25) is 0 Å². The first-order valence-electron chi connectivity index (χ1n) is 7.34. The second-order valence-corrected chi connectivity index (χ2v) is 7.12. The van der Waals surface area contributed by atoms with E-state index in [0.717, 1.165) is 6.42 Å². The van der Waals surface area contributed by atoms with Crippen LogP contribution in [-0.2, 0) is 16.4 Å². The molecule has 7 heteroatoms. The minimum absolute atomic E-state index is 0.0859. The minimum Gasteiger partial charge on any atom is -0.243 e. The number of hydrogen-bond donors (Lipinski definition) is 1. The average molecular weight is 331 g/mol. The molecule has 0 saturated heterocycles. The van der Waals surface area contributed by atoms with Crippen molar-refractivity contribution in [2.45, 2.75) is 30.7 Å². The molecular formula is C16H17N3O3S. The van der Waals surface area contributed by atoms with Gasteiger partial charge >= 0.3 is 0 Å². The van der Waals surface area contributed by atoms with Gasteiger partial charge in [-0.15, -0.1) is 0 Å². The Balaban J connectivity index is 1.72. The highest BCUT2D eigenvalue weighted by atomic mass is 32.2. The summed E-state index contributed by atoms with van der Waals surface area (Å²) in [6.45, 7) is 1.85. The summed E-state index contributed by atoms with van der Waals surface area (Å²) < 4.78 is 32.4. The largest absolute Gasteiger partial charge is 0.243 e. The van der Waals surface area contributed by atoms with Gasteiger partial charge in [-0.25, -0.2) is 17.8 Å². The summed E-state index contributed by atoms with van der Waals surface area (Å²) in [7, 11) is -3.67. The van der Waals surface area contributed by atoms with E-state index in [1.807, 2.05) is 37.3 Å². The van der Waals surface area contributed by atoms with E-state index in [0.29, 0.717) is 11.9 Å². The predicted octanol–water partition coefficient (Wildman–Crippen LogP) is 2.52. The first-order valence-corrected chi connectivity index (χ1v) is 8.82. The molecule has 0 aliphatic heterocycles. The molecule has 0 aliphatic rings. The van der Waals surface area contributed by atoms with Crippen LogP contribution in [0.25, 0.3) is 11.0 Å². The third-order valence-corrected chi connectivity index (χ3v) is 5.22. The zero-order valence-electron chi connectivity index (χ0n) is 12.6. The number of aromatic nitrogens is 2. The van der Waals surface area contributed by atoms with Gasteiger partial charge in [0.1, 0.15) is 10.4 Å². The van der Waals surface area contributed by atoms with Crippen molar-refractivity contribution >= 4 is 21.1 Å². The lowest BCUT2D eigenvalue weighted by Gasteiger charge is -2.14. The topological polar surface area (TPSA) is 85.1 Å². The van der Waals surface area contributed by atoms with E-state index < -0.39 is 10.0 Å². The second-order valence-electron chi connectivity index (χ2n) is 5.43. The van der Waals surface area contributed by atoms with E-state index in [1.165, 1.54) is 11.6 Å². The van der Waals surface area contributed by atoms with E-state index in [9.17, 15) is 8.42 Å². The fourth-order valence-electron chi connectivity index (χ4n) is 2.41. The molecule has 1 heterocycles. The number of nitrogens with one attached hydrogen (secondary N) is 1. The van der Waals surface area contributed by atoms with Gasteiger partial charge in [0, 0.05) is 6.04 Å². The Morgan fingerprint density at radius 3 is 2.65 bits per heavy atom. The van der Waals surface area contributed by atoms with Gasteiger partial charge in [0.05, 0.1) is 0 Å². The number of fused-ring (bicyclic) bond motifs is 1. The van der Waals surface area contributed by atoms with Crippen LogP contribution in [0, 0.1) is 0 Å². The summed E-state index contributed by atoms with van der Waals surface area (Å²) >= 11 is 0. The molecule has 23 heavy (non-hydrogen) atoms. The van der Waals surface area contributed by atoms with Crippen LogP contribution in [0.1, 0.15) is 18.9 Å². The van der Waals surface area contributed by atoms with Gasteiger partial charge in [0.15, 0.2) is 5.52 Å². The van der Waals surface area contributed by atoms with Crippen molar-refractivity contribution < 1.29 is 13.0 Å². The van der Waals surface area contributed by atoms with Crippen molar-refractivity contribution in [3.63, 3.8) is 0 Å². The van der Waals surface area contributed by atoms with Gasteiger partial charge in [-0.1, -0.05) is 36.4 Å². The minimum atomic E-state index is -3.67. The Kier molecular flexibility index (Phi) is 4.40. The van der Waals surface area contributed by atoms with Gasteiger partial charge in [0.2, 0.25) is 10.0 Å². The summed E-state index contributed by atoms with van der Waals surface area (Å²) in [4.78, 5) is 0.0859. The van der Waals surface area contributed by atoms with Crippen molar-refractivity contribution in [1.29, 1.82) is 0 Å². The highest BCUT2D eigenvalue weighted by Crippen LogP contribution is 2.20. The number of sulfonamides is 1. The van der Waals surface area contributed by atoms with Crippen LogP contribution in [0.4, 0.5) is 0 Å². The maximum atomic E-state index is 12.5. The fourth-order valence-corrected chi connectivity index (χ4v) is 3.84. The Morgan fingerprint density at radius 2 is 1.87 bits per heavy atom. The smallest absolute Gasteiger partial charge is 0.243 e. The lowest BCUT2D eigenvalue weighted by atomic mass is 10.1. The second kappa shape index (κ2) is 6.47. The molecule has 0 aliphatic carbocycles. The van der Waals surface area contributed by atoms with Gasteiger partial charge < -0.3 is 0 Å². The first-order chi connectivity index (χ1) is 11.1. The Bertz CT molecular complexity index is 891. The molecule has 1 atom stereocenters. The summed E-state index contributed by atoms with van der Waals surface area (Å²) in [6.07, 6.45) is 1.51. The molecule has 120 valence electrons. The third-order valence-electron chi connectivity index (χ3n) is 3.60. The zero-order valence-corrected chi connectivity index (χ0v) is 13.5. The van der Waals surface area contributed by atoms with Crippen LogP contribution in [0.5, 0.6) is 0 Å². The quantitative estimate of drug-likeness (QED) is 0.750. The van der Waals surface area contributed by atoms with Crippen molar-refractivity contribution in [3.8, 4) is 0 Å². The number of benzene rings is 2. The SMILES string of the molecule is CC(CCc1ccccc1)NS(=O)(=O)c1cccc2nonc12. The lowest BCUT2D eigenvalue weighted by Crippen LogP contribution is -2.33. The van der Waals surface area contributed by atoms with Crippen molar-refractivity contribution in [1.82, 2.24) is 15.0 Å². The number of hydrogen-bond acceptors (Lipinski definition) is 5. The molecule has 3 aromatic rings. The van der Waals surface area contributed by atoms with Crippen LogP contribution < -0.4 is 4.72 Å². The van der Waals surface area contributed by atoms with E-state index in [2.05, 4.69) is 19.7 Å². The van der Waals surface area contributed by atoms with Gasteiger partial charge in [-0.3, -0.25) is 0 Å². The molecule has 0 saturated carbocycles. The molecular weight excluding hydrogens is 314 g/mol. The molecule has 0 spiro atoms.